The summed E-state index contributed by atoms with van der Waals surface area (Å²) >= 11 is 0. The van der Waals surface area contributed by atoms with Crippen molar-refractivity contribution in [3.05, 3.63) is 23.8 Å². The van der Waals surface area contributed by atoms with Crippen molar-refractivity contribution in [1.82, 2.24) is 0 Å². The Bertz CT molecular complexity index is 641. The van der Waals surface area contributed by atoms with Gasteiger partial charge in [-0.2, -0.15) is 0 Å². The van der Waals surface area contributed by atoms with Crippen molar-refractivity contribution in [2.24, 2.45) is 28.6 Å². The summed E-state index contributed by atoms with van der Waals surface area (Å²) in [5.74, 6) is 0.666. The SMILES string of the molecule is CC(=O)O[C@H]1[C@H](F)C[C@H]2[C@@H]3CCC4C[C@@H](O)C=C[C@]4(C)C3=CC[C@@]21C. The molecule has 0 heterocycles. The summed E-state index contributed by atoms with van der Waals surface area (Å²) in [5.41, 5.74) is 1.11. The van der Waals surface area contributed by atoms with Crippen LogP contribution >= 0.6 is 0 Å². The van der Waals surface area contributed by atoms with Gasteiger partial charge in [0.1, 0.15) is 12.3 Å². The summed E-state index contributed by atoms with van der Waals surface area (Å²) in [4.78, 5) is 11.5. The summed E-state index contributed by atoms with van der Waals surface area (Å²) in [7, 11) is 0. The number of halogens is 1. The van der Waals surface area contributed by atoms with Crippen LogP contribution in [0.4, 0.5) is 4.39 Å². The number of aliphatic hydroxyl groups excluding tert-OH is 1. The average Bonchev–Trinajstić information content (AvgIpc) is 2.79. The molecular weight excluding hydrogens is 319 g/mol. The molecular formula is C21H29FO3. The van der Waals surface area contributed by atoms with E-state index in [2.05, 4.69) is 26.0 Å². The predicted molar refractivity (Wildman–Crippen MR) is 93.4 cm³/mol. The van der Waals surface area contributed by atoms with Gasteiger partial charge in [0.2, 0.25) is 0 Å². The van der Waals surface area contributed by atoms with Crippen molar-refractivity contribution < 1.29 is 19.0 Å². The van der Waals surface area contributed by atoms with Crippen LogP contribution in [0.3, 0.4) is 0 Å². The fourth-order valence-electron chi connectivity index (χ4n) is 6.40. The summed E-state index contributed by atoms with van der Waals surface area (Å²) in [6.45, 7) is 5.76. The molecule has 4 aliphatic rings. The summed E-state index contributed by atoms with van der Waals surface area (Å²) in [6, 6.07) is 0. The van der Waals surface area contributed by atoms with Gasteiger partial charge < -0.3 is 9.84 Å². The van der Waals surface area contributed by atoms with Crippen molar-refractivity contribution in [3.8, 4) is 0 Å². The van der Waals surface area contributed by atoms with Crippen LogP contribution in [0, 0.1) is 28.6 Å². The Hall–Kier alpha value is -1.16. The highest BCUT2D eigenvalue weighted by atomic mass is 19.1. The highest BCUT2D eigenvalue weighted by molar-refractivity contribution is 5.66. The molecule has 2 fully saturated rings. The molecule has 0 aromatic rings. The smallest absolute Gasteiger partial charge is 0.303 e. The molecule has 8 atom stereocenters. The molecule has 0 bridgehead atoms. The molecule has 4 aliphatic carbocycles. The first-order valence-corrected chi connectivity index (χ1v) is 9.65. The van der Waals surface area contributed by atoms with Crippen LogP contribution in [0.15, 0.2) is 23.8 Å². The number of hydrogen-bond donors (Lipinski definition) is 1. The third-order valence-corrected chi connectivity index (χ3v) is 7.73. The van der Waals surface area contributed by atoms with Gasteiger partial charge in [-0.15, -0.1) is 0 Å². The first-order valence-electron chi connectivity index (χ1n) is 9.65. The molecule has 4 heteroatoms. The van der Waals surface area contributed by atoms with E-state index in [1.54, 1.807) is 0 Å². The molecule has 0 saturated heterocycles. The molecule has 1 N–H and O–H groups in total. The second-order valence-electron chi connectivity index (χ2n) is 9.08. The highest BCUT2D eigenvalue weighted by Gasteiger charge is 2.61. The van der Waals surface area contributed by atoms with Crippen molar-refractivity contribution in [3.63, 3.8) is 0 Å². The van der Waals surface area contributed by atoms with E-state index in [-0.39, 0.29) is 28.8 Å². The van der Waals surface area contributed by atoms with Crippen LogP contribution in [-0.2, 0) is 9.53 Å². The standard InChI is InChI=1S/C21H29FO3/c1-12(23)25-19-18(22)11-17-15-5-4-13-10-14(24)6-8-20(13,2)16(15)7-9-21(17,19)3/h6-8,13-15,17-19,24H,4-5,9-11H2,1-3H3/t13?,14-,15+,17-,18+,19-,20-,21-/m0/s1. The maximum atomic E-state index is 14.8. The molecule has 0 spiro atoms. The van der Waals surface area contributed by atoms with Crippen LogP contribution in [0.5, 0.6) is 0 Å². The van der Waals surface area contributed by atoms with Crippen LogP contribution in [0.1, 0.15) is 52.9 Å². The predicted octanol–water partition coefficient (Wildman–Crippen LogP) is 3.97. The molecule has 0 aromatic heterocycles. The van der Waals surface area contributed by atoms with Gasteiger partial charge >= 0.3 is 5.97 Å². The number of ether oxygens (including phenoxy) is 1. The number of alkyl halides is 1. The number of carbonyl (C=O) groups excluding carboxylic acids is 1. The first-order chi connectivity index (χ1) is 11.8. The van der Waals surface area contributed by atoms with Gasteiger partial charge in [0, 0.05) is 17.8 Å². The number of aliphatic hydroxyl groups is 1. The fraction of sp³-hybridized carbons (Fsp3) is 0.762. The molecule has 4 rings (SSSR count). The van der Waals surface area contributed by atoms with Gasteiger partial charge in [0.05, 0.1) is 6.10 Å². The normalized spacial score (nSPS) is 51.2. The lowest BCUT2D eigenvalue weighted by molar-refractivity contribution is -0.156. The van der Waals surface area contributed by atoms with Gasteiger partial charge in [-0.1, -0.05) is 37.6 Å². The Balaban J connectivity index is 1.70. The molecule has 0 aromatic carbocycles. The quantitative estimate of drug-likeness (QED) is 0.576. The van der Waals surface area contributed by atoms with Gasteiger partial charge in [-0.25, -0.2) is 4.39 Å². The minimum atomic E-state index is -1.07. The fourth-order valence-corrected chi connectivity index (χ4v) is 6.40. The number of hydrogen-bond acceptors (Lipinski definition) is 3. The van der Waals surface area contributed by atoms with Crippen LogP contribution in [0.25, 0.3) is 0 Å². The number of fused-ring (bicyclic) bond motifs is 5. The Kier molecular flexibility index (Phi) is 3.91. The first kappa shape index (κ1) is 17.3. The minimum absolute atomic E-state index is 0.0190. The number of esters is 1. The van der Waals surface area contributed by atoms with Gasteiger partial charge in [0.15, 0.2) is 0 Å². The molecule has 0 amide bonds. The van der Waals surface area contributed by atoms with Crippen molar-refractivity contribution in [2.45, 2.75) is 71.3 Å². The van der Waals surface area contributed by atoms with Crippen LogP contribution in [-0.4, -0.2) is 29.5 Å². The van der Waals surface area contributed by atoms with E-state index in [9.17, 15) is 14.3 Å². The molecule has 0 aliphatic heterocycles. The number of rotatable bonds is 1. The topological polar surface area (TPSA) is 46.5 Å². The van der Waals surface area contributed by atoms with E-state index in [1.807, 2.05) is 6.08 Å². The maximum Gasteiger partial charge on any atom is 0.303 e. The van der Waals surface area contributed by atoms with E-state index in [1.165, 1.54) is 12.5 Å². The van der Waals surface area contributed by atoms with E-state index in [0.29, 0.717) is 18.3 Å². The molecule has 2 saturated carbocycles. The second kappa shape index (κ2) is 5.67. The van der Waals surface area contributed by atoms with Crippen molar-refractivity contribution in [2.75, 3.05) is 0 Å². The third kappa shape index (κ3) is 2.43. The van der Waals surface area contributed by atoms with E-state index < -0.39 is 12.3 Å². The van der Waals surface area contributed by atoms with Gasteiger partial charge in [0.25, 0.3) is 0 Å². The zero-order valence-electron chi connectivity index (χ0n) is 15.4. The lowest BCUT2D eigenvalue weighted by Gasteiger charge is -2.54. The third-order valence-electron chi connectivity index (χ3n) is 7.73. The molecule has 0 radical (unpaired) electrons. The Morgan fingerprint density at radius 3 is 2.80 bits per heavy atom. The van der Waals surface area contributed by atoms with Gasteiger partial charge in [-0.3, -0.25) is 4.79 Å². The molecule has 25 heavy (non-hydrogen) atoms. The number of allylic oxidation sites excluding steroid dienone is 3. The zero-order chi connectivity index (χ0) is 18.0. The Labute approximate surface area is 149 Å². The summed E-state index contributed by atoms with van der Waals surface area (Å²) in [6.07, 6.45) is 8.60. The summed E-state index contributed by atoms with van der Waals surface area (Å²) < 4.78 is 20.2. The van der Waals surface area contributed by atoms with E-state index in [0.717, 1.165) is 25.7 Å². The maximum absolute atomic E-state index is 14.8. The minimum Gasteiger partial charge on any atom is -0.459 e. The number of carbonyl (C=O) groups is 1. The Morgan fingerprint density at radius 1 is 1.32 bits per heavy atom. The van der Waals surface area contributed by atoms with Crippen molar-refractivity contribution >= 4 is 5.97 Å². The average molecular weight is 348 g/mol. The van der Waals surface area contributed by atoms with Crippen molar-refractivity contribution in [1.29, 1.82) is 0 Å². The highest BCUT2D eigenvalue weighted by Crippen LogP contribution is 2.63. The Morgan fingerprint density at radius 2 is 2.08 bits per heavy atom. The zero-order valence-corrected chi connectivity index (χ0v) is 15.4. The van der Waals surface area contributed by atoms with E-state index in [4.69, 9.17) is 4.74 Å². The van der Waals surface area contributed by atoms with Crippen LogP contribution in [0.2, 0.25) is 0 Å². The lowest BCUT2D eigenvalue weighted by atomic mass is 9.50. The molecule has 3 nitrogen and oxygen atoms in total. The molecule has 138 valence electrons. The van der Waals surface area contributed by atoms with Gasteiger partial charge in [-0.05, 0) is 49.9 Å². The van der Waals surface area contributed by atoms with E-state index >= 15 is 0 Å². The molecule has 1 unspecified atom stereocenters. The summed E-state index contributed by atoms with van der Waals surface area (Å²) in [5, 5.41) is 10.00. The lowest BCUT2D eigenvalue weighted by Crippen LogP contribution is -2.48. The largest absolute Gasteiger partial charge is 0.459 e. The monoisotopic (exact) mass is 348 g/mol. The van der Waals surface area contributed by atoms with Crippen LogP contribution < -0.4 is 0 Å². The second-order valence-corrected chi connectivity index (χ2v) is 9.08.